The van der Waals surface area contributed by atoms with E-state index in [0.717, 1.165) is 18.9 Å². The number of β-amino-alcohol motifs (C(OH)–C–C–N with tert-alkyl or cyclic N) is 1. The van der Waals surface area contributed by atoms with Crippen molar-refractivity contribution >= 4 is 12.4 Å². The predicted molar refractivity (Wildman–Crippen MR) is 58.4 cm³/mol. The lowest BCUT2D eigenvalue weighted by Crippen LogP contribution is -2.33. The van der Waals surface area contributed by atoms with E-state index in [1.54, 1.807) is 0 Å². The predicted octanol–water partition coefficient (Wildman–Crippen LogP) is 1.96. The van der Waals surface area contributed by atoms with Crippen LogP contribution in [0.5, 0.6) is 0 Å². The molecule has 13 heavy (non-hydrogen) atoms. The van der Waals surface area contributed by atoms with E-state index in [1.807, 2.05) is 0 Å². The van der Waals surface area contributed by atoms with Gasteiger partial charge in [0.05, 0.1) is 6.10 Å². The monoisotopic (exact) mass is 207 g/mol. The summed E-state index contributed by atoms with van der Waals surface area (Å²) in [4.78, 5) is 0. The van der Waals surface area contributed by atoms with Gasteiger partial charge in [-0.2, -0.15) is 0 Å². The van der Waals surface area contributed by atoms with Gasteiger partial charge in [-0.3, -0.25) is 0 Å². The summed E-state index contributed by atoms with van der Waals surface area (Å²) in [5, 5.41) is 12.8. The molecule has 0 aliphatic carbocycles. The quantitative estimate of drug-likeness (QED) is 0.726. The van der Waals surface area contributed by atoms with Crippen LogP contribution in [0.4, 0.5) is 0 Å². The van der Waals surface area contributed by atoms with Gasteiger partial charge >= 0.3 is 0 Å². The number of nitrogens with one attached hydrogen (secondary N) is 1. The van der Waals surface area contributed by atoms with E-state index < -0.39 is 0 Å². The molecule has 80 valence electrons. The van der Waals surface area contributed by atoms with Crippen LogP contribution in [-0.4, -0.2) is 23.8 Å². The zero-order valence-electron chi connectivity index (χ0n) is 8.62. The Bertz CT molecular complexity index is 130. The molecule has 2 atom stereocenters. The molecule has 1 heterocycles. The summed E-state index contributed by atoms with van der Waals surface area (Å²) in [6, 6.07) is 0.641. The normalized spacial score (nSPS) is 29.5. The average molecular weight is 208 g/mol. The van der Waals surface area contributed by atoms with Crippen LogP contribution in [0.25, 0.3) is 0 Å². The number of halogens is 1. The zero-order chi connectivity index (χ0) is 8.97. The van der Waals surface area contributed by atoms with Crippen LogP contribution in [0.15, 0.2) is 0 Å². The van der Waals surface area contributed by atoms with Crippen LogP contribution >= 0.6 is 12.4 Å². The van der Waals surface area contributed by atoms with Gasteiger partial charge in [-0.25, -0.2) is 0 Å². The Hall–Kier alpha value is 0.210. The van der Waals surface area contributed by atoms with Crippen molar-refractivity contribution in [3.63, 3.8) is 0 Å². The Kier molecular flexibility index (Phi) is 6.74. The molecular weight excluding hydrogens is 186 g/mol. The molecule has 1 aliphatic heterocycles. The van der Waals surface area contributed by atoms with Crippen LogP contribution in [0.2, 0.25) is 0 Å². The van der Waals surface area contributed by atoms with Crippen molar-refractivity contribution in [2.24, 2.45) is 5.92 Å². The smallest absolute Gasteiger partial charge is 0.0664 e. The minimum Gasteiger partial charge on any atom is -0.392 e. The Morgan fingerprint density at radius 1 is 1.38 bits per heavy atom. The van der Waals surface area contributed by atoms with Gasteiger partial charge in [0.15, 0.2) is 0 Å². The molecule has 1 unspecified atom stereocenters. The highest BCUT2D eigenvalue weighted by Crippen LogP contribution is 2.15. The summed E-state index contributed by atoms with van der Waals surface area (Å²) < 4.78 is 0. The van der Waals surface area contributed by atoms with Crippen molar-refractivity contribution in [2.75, 3.05) is 6.54 Å². The number of aliphatic hydroxyl groups excluding tert-OH is 1. The Morgan fingerprint density at radius 2 is 2.08 bits per heavy atom. The second-order valence-electron chi connectivity index (χ2n) is 4.32. The molecule has 1 fully saturated rings. The first-order valence-electron chi connectivity index (χ1n) is 5.10. The molecule has 2 N–H and O–H groups in total. The van der Waals surface area contributed by atoms with E-state index in [4.69, 9.17) is 0 Å². The fourth-order valence-electron chi connectivity index (χ4n) is 1.88. The molecule has 0 aromatic heterocycles. The maximum atomic E-state index is 9.38. The van der Waals surface area contributed by atoms with Crippen molar-refractivity contribution in [3.05, 3.63) is 0 Å². The summed E-state index contributed by atoms with van der Waals surface area (Å²) >= 11 is 0. The van der Waals surface area contributed by atoms with Gasteiger partial charge in [0.2, 0.25) is 0 Å². The largest absolute Gasteiger partial charge is 0.392 e. The SMILES string of the molecule is CC(C)CC1CCC[C@@H](O)CN1.Cl. The Labute approximate surface area is 87.5 Å². The van der Waals surface area contributed by atoms with Crippen LogP contribution in [0.3, 0.4) is 0 Å². The van der Waals surface area contributed by atoms with Gasteiger partial charge in [0.25, 0.3) is 0 Å². The number of hydrogen-bond donors (Lipinski definition) is 2. The van der Waals surface area contributed by atoms with Crippen LogP contribution < -0.4 is 5.32 Å². The summed E-state index contributed by atoms with van der Waals surface area (Å²) in [7, 11) is 0. The minimum absolute atomic E-state index is 0. The van der Waals surface area contributed by atoms with E-state index >= 15 is 0 Å². The molecular formula is C10H22ClNO. The number of rotatable bonds is 2. The average Bonchev–Trinajstić information content (AvgIpc) is 2.15. The maximum Gasteiger partial charge on any atom is 0.0664 e. The van der Waals surface area contributed by atoms with Gasteiger partial charge in [0, 0.05) is 12.6 Å². The third-order valence-electron chi connectivity index (χ3n) is 2.49. The van der Waals surface area contributed by atoms with Crippen molar-refractivity contribution < 1.29 is 5.11 Å². The number of hydrogen-bond acceptors (Lipinski definition) is 2. The molecule has 2 nitrogen and oxygen atoms in total. The second-order valence-corrected chi connectivity index (χ2v) is 4.32. The molecule has 0 aromatic rings. The van der Waals surface area contributed by atoms with E-state index in [9.17, 15) is 5.11 Å². The lowest BCUT2D eigenvalue weighted by atomic mass is 10.00. The molecule has 0 spiro atoms. The van der Waals surface area contributed by atoms with Crippen molar-refractivity contribution in [1.29, 1.82) is 0 Å². The highest BCUT2D eigenvalue weighted by molar-refractivity contribution is 5.85. The molecule has 0 bridgehead atoms. The number of aliphatic hydroxyl groups is 1. The van der Waals surface area contributed by atoms with E-state index in [0.29, 0.717) is 6.04 Å². The molecule has 0 aromatic carbocycles. The highest BCUT2D eigenvalue weighted by atomic mass is 35.5. The van der Waals surface area contributed by atoms with Gasteiger partial charge in [-0.1, -0.05) is 13.8 Å². The summed E-state index contributed by atoms with van der Waals surface area (Å²) in [5.74, 6) is 0.762. The van der Waals surface area contributed by atoms with Crippen LogP contribution in [-0.2, 0) is 0 Å². The molecule has 0 saturated carbocycles. The fraction of sp³-hybridized carbons (Fsp3) is 1.00. The van der Waals surface area contributed by atoms with E-state index in [1.165, 1.54) is 19.3 Å². The Morgan fingerprint density at radius 3 is 2.69 bits per heavy atom. The molecule has 1 aliphatic rings. The topological polar surface area (TPSA) is 32.3 Å². The summed E-state index contributed by atoms with van der Waals surface area (Å²) in [6.45, 7) is 5.30. The third-order valence-corrected chi connectivity index (χ3v) is 2.49. The van der Waals surface area contributed by atoms with Crippen molar-refractivity contribution in [3.8, 4) is 0 Å². The first-order valence-corrected chi connectivity index (χ1v) is 5.10. The molecule has 0 amide bonds. The zero-order valence-corrected chi connectivity index (χ0v) is 9.44. The van der Waals surface area contributed by atoms with E-state index in [-0.39, 0.29) is 18.5 Å². The molecule has 1 saturated heterocycles. The standard InChI is InChI=1S/C10H21NO.ClH/c1-8(2)6-9-4-3-5-10(12)7-11-9;/h8-12H,3-7H2,1-2H3;1H/t9?,10-;/m1./s1. The highest BCUT2D eigenvalue weighted by Gasteiger charge is 2.16. The van der Waals surface area contributed by atoms with Gasteiger partial charge < -0.3 is 10.4 Å². The third kappa shape index (κ3) is 5.50. The van der Waals surface area contributed by atoms with Crippen molar-refractivity contribution in [1.82, 2.24) is 5.32 Å². The van der Waals surface area contributed by atoms with Crippen molar-refractivity contribution in [2.45, 2.75) is 51.7 Å². The van der Waals surface area contributed by atoms with Crippen LogP contribution in [0, 0.1) is 5.92 Å². The lowest BCUT2D eigenvalue weighted by molar-refractivity contribution is 0.166. The van der Waals surface area contributed by atoms with Gasteiger partial charge in [0.1, 0.15) is 0 Å². The first kappa shape index (κ1) is 13.2. The summed E-state index contributed by atoms with van der Waals surface area (Å²) in [5.41, 5.74) is 0. The summed E-state index contributed by atoms with van der Waals surface area (Å²) in [6.07, 6.45) is 4.51. The fourth-order valence-corrected chi connectivity index (χ4v) is 1.88. The van der Waals surface area contributed by atoms with Gasteiger partial charge in [-0.05, 0) is 31.6 Å². The molecule has 1 rings (SSSR count). The minimum atomic E-state index is -0.109. The molecule has 0 radical (unpaired) electrons. The second kappa shape index (κ2) is 6.63. The maximum absolute atomic E-state index is 9.38. The van der Waals surface area contributed by atoms with Crippen LogP contribution in [0.1, 0.15) is 39.5 Å². The first-order chi connectivity index (χ1) is 5.68. The van der Waals surface area contributed by atoms with Gasteiger partial charge in [-0.15, -0.1) is 12.4 Å². The Balaban J connectivity index is 0.00000144. The molecule has 3 heteroatoms. The lowest BCUT2D eigenvalue weighted by Gasteiger charge is -2.17. The van der Waals surface area contributed by atoms with E-state index in [2.05, 4.69) is 19.2 Å².